The van der Waals surface area contributed by atoms with Crippen LogP contribution in [0.1, 0.15) is 38.5 Å². The smallest absolute Gasteiger partial charge is 0.303 e. The number of carboxylic acid groups (broad SMARTS) is 2. The summed E-state index contributed by atoms with van der Waals surface area (Å²) in [5.41, 5.74) is 0. The summed E-state index contributed by atoms with van der Waals surface area (Å²) in [4.78, 5) is 59.8. The van der Waals surface area contributed by atoms with E-state index in [0.29, 0.717) is 25.7 Å². The average Bonchev–Trinajstić information content (AvgIpc) is 3.13. The van der Waals surface area contributed by atoms with Crippen molar-refractivity contribution in [1.82, 2.24) is 10.6 Å². The molecule has 0 spiro atoms. The van der Waals surface area contributed by atoms with Gasteiger partial charge in [0.25, 0.3) is 0 Å². The lowest BCUT2D eigenvalue weighted by molar-refractivity contribution is -0.143. The van der Waals surface area contributed by atoms with Gasteiger partial charge in [-0.3, -0.25) is 39.4 Å². The van der Waals surface area contributed by atoms with Crippen LogP contribution >= 0.6 is 0 Å². The highest BCUT2D eigenvalue weighted by atomic mass is 16.4. The molecule has 2 rings (SSSR count). The number of rotatable bonds is 4. The first-order chi connectivity index (χ1) is 12.1. The molecule has 0 atom stereocenters. The minimum absolute atomic E-state index is 0.125. The summed E-state index contributed by atoms with van der Waals surface area (Å²) >= 11 is 0. The molecule has 2 aliphatic heterocycles. The fourth-order valence-electron chi connectivity index (χ4n) is 1.23. The monoisotopic (exact) mass is 378 g/mol. The van der Waals surface area contributed by atoms with E-state index in [1.807, 2.05) is 0 Å². The van der Waals surface area contributed by atoms with Crippen molar-refractivity contribution in [1.29, 1.82) is 0 Å². The first-order valence-corrected chi connectivity index (χ1v) is 7.43. The number of carbonyl (C=O) groups excluding carboxylic acids is 4. The van der Waals surface area contributed by atoms with E-state index in [0.717, 1.165) is 0 Å². The fourth-order valence-corrected chi connectivity index (χ4v) is 1.23. The van der Waals surface area contributed by atoms with Gasteiger partial charge in [0.05, 0.1) is 26.1 Å². The van der Waals surface area contributed by atoms with Crippen LogP contribution in [0.5, 0.6) is 0 Å². The van der Waals surface area contributed by atoms with Crippen molar-refractivity contribution in [3.8, 4) is 0 Å². The summed E-state index contributed by atoms with van der Waals surface area (Å²) in [6, 6.07) is 0. The normalized spacial score (nSPS) is 14.5. The molecular weight excluding hydrogens is 356 g/mol. The Kier molecular flexibility index (Phi) is 15.3. The summed E-state index contributed by atoms with van der Waals surface area (Å²) < 4.78 is 0. The Morgan fingerprint density at radius 1 is 0.654 bits per heavy atom. The van der Waals surface area contributed by atoms with Gasteiger partial charge >= 0.3 is 11.9 Å². The van der Waals surface area contributed by atoms with E-state index in [1.54, 1.807) is 0 Å². The van der Waals surface area contributed by atoms with E-state index in [4.69, 9.17) is 20.4 Å². The molecule has 0 unspecified atom stereocenters. The van der Waals surface area contributed by atoms with Crippen molar-refractivity contribution in [3.63, 3.8) is 0 Å². The Morgan fingerprint density at radius 3 is 0.962 bits per heavy atom. The van der Waals surface area contributed by atoms with Crippen LogP contribution in [-0.2, 0) is 28.8 Å². The molecule has 2 heterocycles. The van der Waals surface area contributed by atoms with Gasteiger partial charge in [0.15, 0.2) is 0 Å². The first kappa shape index (κ1) is 25.4. The molecule has 2 fully saturated rings. The number of carbonyl (C=O) groups is 6. The predicted molar refractivity (Wildman–Crippen MR) is 83.4 cm³/mol. The topological polar surface area (TPSA) is 207 Å². The number of hydrogen-bond donors (Lipinski definition) is 6. The van der Waals surface area contributed by atoms with Crippen molar-refractivity contribution < 1.29 is 49.2 Å². The molecule has 0 bridgehead atoms. The van der Waals surface area contributed by atoms with Gasteiger partial charge in [-0.2, -0.15) is 0 Å². The molecule has 6 N–H and O–H groups in total. The quantitative estimate of drug-likeness (QED) is 0.290. The number of carboxylic acids is 2. The number of imide groups is 2. The van der Waals surface area contributed by atoms with Crippen molar-refractivity contribution >= 4 is 35.6 Å². The lowest BCUT2D eigenvalue weighted by Crippen LogP contribution is -2.18. The van der Waals surface area contributed by atoms with Gasteiger partial charge in [-0.1, -0.05) is 0 Å². The fraction of sp³-hybridized carbons (Fsp3) is 0.571. The second-order valence-corrected chi connectivity index (χ2v) is 4.68. The number of hydrogen-bond acceptors (Lipinski definition) is 8. The molecule has 12 nitrogen and oxygen atoms in total. The van der Waals surface area contributed by atoms with Gasteiger partial charge in [-0.15, -0.1) is 0 Å². The Bertz CT molecular complexity index is 444. The molecular formula is C14H22N2O10. The molecule has 0 aromatic carbocycles. The van der Waals surface area contributed by atoms with Crippen molar-refractivity contribution in [2.75, 3.05) is 13.2 Å². The summed E-state index contributed by atoms with van der Waals surface area (Å²) in [6.45, 7) is -0.250. The van der Waals surface area contributed by atoms with Gasteiger partial charge in [-0.05, 0) is 0 Å². The summed E-state index contributed by atoms with van der Waals surface area (Å²) in [5, 5.41) is 35.3. The van der Waals surface area contributed by atoms with E-state index < -0.39 is 11.9 Å². The van der Waals surface area contributed by atoms with Gasteiger partial charge in [0.1, 0.15) is 0 Å². The van der Waals surface area contributed by atoms with Crippen LogP contribution < -0.4 is 10.6 Å². The Labute approximate surface area is 148 Å². The first-order valence-electron chi connectivity index (χ1n) is 7.43. The Morgan fingerprint density at radius 2 is 0.885 bits per heavy atom. The van der Waals surface area contributed by atoms with Crippen LogP contribution in [0.3, 0.4) is 0 Å². The predicted octanol–water partition coefficient (Wildman–Crippen LogP) is -2.25. The van der Waals surface area contributed by atoms with Crippen LogP contribution in [0.2, 0.25) is 0 Å². The largest absolute Gasteiger partial charge is 0.481 e. The average molecular weight is 378 g/mol. The molecule has 0 radical (unpaired) electrons. The molecule has 2 aliphatic rings. The molecule has 12 heteroatoms. The minimum atomic E-state index is -1.08. The lowest BCUT2D eigenvalue weighted by atomic mass is 10.3. The highest BCUT2D eigenvalue weighted by Gasteiger charge is 2.16. The maximum Gasteiger partial charge on any atom is 0.303 e. The standard InChI is InChI=1S/2C4H5NO2.C4H6O4.C2H6O2/c2*6-3-1-2-4(7)5-3;5-3(6)1-2-4(7)8;3-1-2-4/h2*1-2H2,(H,5,6,7);1-2H2,(H,5,6)(H,7,8);3-4H,1-2H2. The Hall–Kier alpha value is -2.86. The van der Waals surface area contributed by atoms with E-state index in [1.165, 1.54) is 0 Å². The van der Waals surface area contributed by atoms with Gasteiger partial charge in [-0.25, -0.2) is 0 Å². The molecule has 0 aromatic rings. The zero-order chi connectivity index (χ0) is 20.5. The molecule has 0 aliphatic carbocycles. The second kappa shape index (κ2) is 15.7. The summed E-state index contributed by atoms with van der Waals surface area (Å²) in [7, 11) is 0. The van der Waals surface area contributed by atoms with E-state index in [-0.39, 0.29) is 49.7 Å². The van der Waals surface area contributed by atoms with Crippen LogP contribution in [0.4, 0.5) is 0 Å². The summed E-state index contributed by atoms with van der Waals surface area (Å²) in [6.07, 6.45) is 0.903. The van der Waals surface area contributed by atoms with E-state index in [2.05, 4.69) is 10.6 Å². The number of aliphatic carboxylic acids is 2. The molecule has 0 aromatic heterocycles. The highest BCUT2D eigenvalue weighted by Crippen LogP contribution is 1.96. The third kappa shape index (κ3) is 19.2. The van der Waals surface area contributed by atoms with Gasteiger partial charge < -0.3 is 20.4 Å². The molecule has 0 saturated carbocycles. The maximum absolute atomic E-state index is 10.1. The Balaban J connectivity index is 0. The van der Waals surface area contributed by atoms with Crippen molar-refractivity contribution in [3.05, 3.63) is 0 Å². The number of amides is 4. The van der Waals surface area contributed by atoms with E-state index >= 15 is 0 Å². The minimum Gasteiger partial charge on any atom is -0.481 e. The van der Waals surface area contributed by atoms with Crippen LogP contribution in [0, 0.1) is 0 Å². The molecule has 148 valence electrons. The highest BCUT2D eigenvalue weighted by molar-refractivity contribution is 6.02. The van der Waals surface area contributed by atoms with Crippen LogP contribution in [0.15, 0.2) is 0 Å². The lowest BCUT2D eigenvalue weighted by Gasteiger charge is -1.85. The van der Waals surface area contributed by atoms with Gasteiger partial charge in [0.2, 0.25) is 23.6 Å². The van der Waals surface area contributed by atoms with Crippen molar-refractivity contribution in [2.45, 2.75) is 38.5 Å². The number of aliphatic hydroxyl groups excluding tert-OH is 2. The number of nitrogens with one attached hydrogen (secondary N) is 2. The van der Waals surface area contributed by atoms with E-state index in [9.17, 15) is 28.8 Å². The van der Waals surface area contributed by atoms with Gasteiger partial charge in [0, 0.05) is 25.7 Å². The molecule has 2 saturated heterocycles. The zero-order valence-corrected chi connectivity index (χ0v) is 13.9. The maximum atomic E-state index is 10.1. The molecule has 26 heavy (non-hydrogen) atoms. The van der Waals surface area contributed by atoms with Crippen molar-refractivity contribution in [2.24, 2.45) is 0 Å². The third-order valence-corrected chi connectivity index (χ3v) is 2.37. The van der Waals surface area contributed by atoms with Crippen LogP contribution in [0.25, 0.3) is 0 Å². The SMILES string of the molecule is O=C(O)CCC(=O)O.O=C1CCC(=O)N1.O=C1CCC(=O)N1.OCCO. The van der Waals surface area contributed by atoms with Crippen LogP contribution in [-0.4, -0.2) is 69.2 Å². The third-order valence-electron chi connectivity index (χ3n) is 2.37. The second-order valence-electron chi connectivity index (χ2n) is 4.68. The zero-order valence-electron chi connectivity index (χ0n) is 13.9. The number of aliphatic hydroxyl groups is 2. The summed E-state index contributed by atoms with van der Waals surface area (Å²) in [5.74, 6) is -2.75. The molecule has 4 amide bonds.